The molecular formula is C16H18N2O3. The van der Waals surface area contributed by atoms with E-state index in [4.69, 9.17) is 5.11 Å². The third kappa shape index (κ3) is 2.63. The highest BCUT2D eigenvalue weighted by atomic mass is 16.4. The predicted molar refractivity (Wildman–Crippen MR) is 79.0 cm³/mol. The zero-order valence-electron chi connectivity index (χ0n) is 11.8. The van der Waals surface area contributed by atoms with Crippen LogP contribution in [0.25, 0.3) is 10.9 Å². The van der Waals surface area contributed by atoms with Gasteiger partial charge in [-0.15, -0.1) is 0 Å². The van der Waals surface area contributed by atoms with Crippen molar-refractivity contribution in [2.75, 3.05) is 6.54 Å². The Morgan fingerprint density at radius 2 is 2.10 bits per heavy atom. The number of para-hydroxylation sites is 1. The maximum absolute atomic E-state index is 11.8. The summed E-state index contributed by atoms with van der Waals surface area (Å²) in [7, 11) is 0. The van der Waals surface area contributed by atoms with Gasteiger partial charge in [0.15, 0.2) is 0 Å². The van der Waals surface area contributed by atoms with Crippen LogP contribution in [0, 0.1) is 18.8 Å². The highest BCUT2D eigenvalue weighted by Crippen LogP contribution is 2.38. The first-order valence-electron chi connectivity index (χ1n) is 7.14. The molecule has 1 saturated carbocycles. The highest BCUT2D eigenvalue weighted by molar-refractivity contribution is 5.89. The average Bonchev–Trinajstić information content (AvgIpc) is 3.19. The minimum atomic E-state index is -0.873. The maximum atomic E-state index is 11.8. The minimum absolute atomic E-state index is 0.139. The SMILES string of the molecule is Cc1[nH]c2ccccc2c1CCNC(=O)[C@H]1C[C@@H]1C(=O)O. The summed E-state index contributed by atoms with van der Waals surface area (Å²) in [6.07, 6.45) is 1.21. The van der Waals surface area contributed by atoms with Crippen LogP contribution < -0.4 is 5.32 Å². The zero-order chi connectivity index (χ0) is 15.0. The lowest BCUT2D eigenvalue weighted by atomic mass is 10.1. The number of carbonyl (C=O) groups is 2. The van der Waals surface area contributed by atoms with E-state index in [0.29, 0.717) is 13.0 Å². The molecule has 2 atom stereocenters. The second-order valence-corrected chi connectivity index (χ2v) is 5.60. The standard InChI is InChI=1S/C16H18N2O3/c1-9-10(11-4-2-3-5-14(11)18-9)6-7-17-15(19)12-8-13(12)16(20)21/h2-5,12-13,18H,6-8H2,1H3,(H,17,19)(H,20,21)/t12-,13-/m0/s1. The van der Waals surface area contributed by atoms with E-state index in [1.165, 1.54) is 10.9 Å². The summed E-state index contributed by atoms with van der Waals surface area (Å²) >= 11 is 0. The molecule has 5 heteroatoms. The fraction of sp³-hybridized carbons (Fsp3) is 0.375. The lowest BCUT2D eigenvalue weighted by Crippen LogP contribution is -2.28. The Balaban J connectivity index is 1.59. The van der Waals surface area contributed by atoms with E-state index in [1.54, 1.807) is 0 Å². The van der Waals surface area contributed by atoms with Crippen LogP contribution in [0.3, 0.4) is 0 Å². The van der Waals surface area contributed by atoms with E-state index in [0.717, 1.165) is 17.6 Å². The van der Waals surface area contributed by atoms with E-state index < -0.39 is 11.9 Å². The Morgan fingerprint density at radius 3 is 2.81 bits per heavy atom. The molecule has 1 amide bonds. The Bertz CT molecular complexity index is 705. The zero-order valence-corrected chi connectivity index (χ0v) is 11.8. The van der Waals surface area contributed by atoms with Gasteiger partial charge in [0.05, 0.1) is 11.8 Å². The van der Waals surface area contributed by atoms with Crippen molar-refractivity contribution in [1.29, 1.82) is 0 Å². The first-order valence-corrected chi connectivity index (χ1v) is 7.14. The van der Waals surface area contributed by atoms with Crippen molar-refractivity contribution in [3.63, 3.8) is 0 Å². The normalized spacial score (nSPS) is 20.4. The van der Waals surface area contributed by atoms with Crippen LogP contribution in [0.2, 0.25) is 0 Å². The number of amides is 1. The molecule has 110 valence electrons. The molecule has 3 N–H and O–H groups in total. The molecule has 1 aliphatic rings. The lowest BCUT2D eigenvalue weighted by Gasteiger charge is -2.05. The van der Waals surface area contributed by atoms with Crippen LogP contribution >= 0.6 is 0 Å². The number of aryl methyl sites for hydroxylation is 1. The first-order chi connectivity index (χ1) is 10.1. The number of rotatable bonds is 5. The predicted octanol–water partition coefficient (Wildman–Crippen LogP) is 1.86. The monoisotopic (exact) mass is 286 g/mol. The van der Waals surface area contributed by atoms with Crippen LogP contribution in [0.15, 0.2) is 24.3 Å². The Kier molecular flexibility index (Phi) is 3.41. The molecule has 0 aliphatic heterocycles. The molecule has 1 heterocycles. The van der Waals surface area contributed by atoms with Crippen LogP contribution in [-0.4, -0.2) is 28.5 Å². The second-order valence-electron chi connectivity index (χ2n) is 5.60. The summed E-state index contributed by atoms with van der Waals surface area (Å²) in [5.74, 6) is -1.84. The first kappa shape index (κ1) is 13.7. The van der Waals surface area contributed by atoms with Crippen LogP contribution in [0.5, 0.6) is 0 Å². The summed E-state index contributed by atoms with van der Waals surface area (Å²) in [6.45, 7) is 2.56. The fourth-order valence-corrected chi connectivity index (χ4v) is 2.86. The molecule has 1 fully saturated rings. The quantitative estimate of drug-likeness (QED) is 0.784. The summed E-state index contributed by atoms with van der Waals surface area (Å²) in [5.41, 5.74) is 3.42. The lowest BCUT2D eigenvalue weighted by molar-refractivity contribution is -0.140. The number of fused-ring (bicyclic) bond motifs is 1. The summed E-state index contributed by atoms with van der Waals surface area (Å²) in [5, 5.41) is 12.8. The largest absolute Gasteiger partial charge is 0.481 e. The number of carbonyl (C=O) groups excluding carboxylic acids is 1. The van der Waals surface area contributed by atoms with Gasteiger partial charge >= 0.3 is 5.97 Å². The van der Waals surface area contributed by atoms with Crippen molar-refractivity contribution in [3.05, 3.63) is 35.5 Å². The Morgan fingerprint density at radius 1 is 1.33 bits per heavy atom. The number of carboxylic acid groups (broad SMARTS) is 1. The number of aromatic nitrogens is 1. The fourth-order valence-electron chi connectivity index (χ4n) is 2.86. The van der Waals surface area contributed by atoms with Gasteiger partial charge in [-0.1, -0.05) is 18.2 Å². The minimum Gasteiger partial charge on any atom is -0.481 e. The number of hydrogen-bond donors (Lipinski definition) is 3. The van der Waals surface area contributed by atoms with Crippen molar-refractivity contribution >= 4 is 22.8 Å². The van der Waals surface area contributed by atoms with Gasteiger partial charge in [-0.3, -0.25) is 9.59 Å². The number of nitrogens with one attached hydrogen (secondary N) is 2. The number of aliphatic carboxylic acids is 1. The number of aromatic amines is 1. The smallest absolute Gasteiger partial charge is 0.307 e. The number of hydrogen-bond acceptors (Lipinski definition) is 2. The van der Waals surface area contributed by atoms with Crippen molar-refractivity contribution in [3.8, 4) is 0 Å². The van der Waals surface area contributed by atoms with Crippen molar-refractivity contribution in [1.82, 2.24) is 10.3 Å². The van der Waals surface area contributed by atoms with Gasteiger partial charge in [-0.05, 0) is 31.4 Å². The van der Waals surface area contributed by atoms with E-state index >= 15 is 0 Å². The molecule has 0 saturated heterocycles. The Labute approximate surface area is 122 Å². The van der Waals surface area contributed by atoms with Crippen molar-refractivity contribution in [2.45, 2.75) is 19.8 Å². The molecule has 1 aromatic heterocycles. The molecule has 2 aromatic rings. The third-order valence-corrected chi connectivity index (χ3v) is 4.15. The van der Waals surface area contributed by atoms with Crippen LogP contribution in [0.1, 0.15) is 17.7 Å². The van der Waals surface area contributed by atoms with Crippen molar-refractivity contribution in [2.24, 2.45) is 11.8 Å². The Hall–Kier alpha value is -2.30. The molecule has 0 unspecified atom stereocenters. The van der Waals surface area contributed by atoms with Crippen molar-refractivity contribution < 1.29 is 14.7 Å². The number of carboxylic acids is 1. The molecule has 3 rings (SSSR count). The van der Waals surface area contributed by atoms with E-state index in [-0.39, 0.29) is 11.8 Å². The molecule has 21 heavy (non-hydrogen) atoms. The molecule has 0 spiro atoms. The highest BCUT2D eigenvalue weighted by Gasteiger charge is 2.48. The van der Waals surface area contributed by atoms with Gasteiger partial charge in [0.2, 0.25) is 5.91 Å². The molecular weight excluding hydrogens is 268 g/mol. The molecule has 0 radical (unpaired) electrons. The molecule has 1 aliphatic carbocycles. The van der Waals surface area contributed by atoms with Gasteiger partial charge in [0, 0.05) is 23.1 Å². The van der Waals surface area contributed by atoms with Gasteiger partial charge in [-0.2, -0.15) is 0 Å². The maximum Gasteiger partial charge on any atom is 0.307 e. The summed E-state index contributed by atoms with van der Waals surface area (Å²) in [4.78, 5) is 25.9. The summed E-state index contributed by atoms with van der Waals surface area (Å²) in [6, 6.07) is 8.09. The average molecular weight is 286 g/mol. The van der Waals surface area contributed by atoms with E-state index in [9.17, 15) is 9.59 Å². The molecule has 5 nitrogen and oxygen atoms in total. The number of benzene rings is 1. The van der Waals surface area contributed by atoms with E-state index in [2.05, 4.69) is 16.4 Å². The molecule has 0 bridgehead atoms. The topological polar surface area (TPSA) is 82.2 Å². The van der Waals surface area contributed by atoms with Gasteiger partial charge < -0.3 is 15.4 Å². The third-order valence-electron chi connectivity index (χ3n) is 4.15. The van der Waals surface area contributed by atoms with Gasteiger partial charge in [0.25, 0.3) is 0 Å². The summed E-state index contributed by atoms with van der Waals surface area (Å²) < 4.78 is 0. The van der Waals surface area contributed by atoms with Crippen LogP contribution in [-0.2, 0) is 16.0 Å². The van der Waals surface area contributed by atoms with Gasteiger partial charge in [0.1, 0.15) is 0 Å². The molecule has 1 aromatic carbocycles. The number of H-pyrrole nitrogens is 1. The van der Waals surface area contributed by atoms with Crippen LogP contribution in [0.4, 0.5) is 0 Å². The van der Waals surface area contributed by atoms with Gasteiger partial charge in [-0.25, -0.2) is 0 Å². The van der Waals surface area contributed by atoms with E-state index in [1.807, 2.05) is 25.1 Å². The second kappa shape index (κ2) is 5.24.